The van der Waals surface area contributed by atoms with Crippen LogP contribution in [0.2, 0.25) is 0 Å². The maximum atomic E-state index is 8.63. The van der Waals surface area contributed by atoms with Gasteiger partial charge in [-0.2, -0.15) is 0 Å². The van der Waals surface area contributed by atoms with Crippen LogP contribution in [-0.4, -0.2) is 42.8 Å². The molecule has 1 rings (SSSR count). The third-order valence-electron chi connectivity index (χ3n) is 1.71. The molecular formula is C7H15N2O. The highest BCUT2D eigenvalue weighted by Gasteiger charge is 2.06. The van der Waals surface area contributed by atoms with Gasteiger partial charge >= 0.3 is 0 Å². The minimum atomic E-state index is 0.272. The van der Waals surface area contributed by atoms with Gasteiger partial charge in [0.25, 0.3) is 0 Å². The summed E-state index contributed by atoms with van der Waals surface area (Å²) in [6, 6.07) is 0. The average molecular weight is 143 g/mol. The first-order valence-electron chi connectivity index (χ1n) is 3.82. The van der Waals surface area contributed by atoms with E-state index in [0.29, 0.717) is 0 Å². The second kappa shape index (κ2) is 4.66. The molecule has 59 valence electrons. The van der Waals surface area contributed by atoms with E-state index in [1.807, 2.05) is 0 Å². The molecule has 1 heterocycles. The Hall–Kier alpha value is -0.120. The van der Waals surface area contributed by atoms with Gasteiger partial charge in [-0.3, -0.25) is 4.90 Å². The summed E-state index contributed by atoms with van der Waals surface area (Å²) in [5.74, 6) is 0. The molecule has 3 heteroatoms. The number of hydrogen-bond acceptors (Lipinski definition) is 3. The van der Waals surface area contributed by atoms with Crippen LogP contribution in [0.4, 0.5) is 0 Å². The Morgan fingerprint density at radius 2 is 2.50 bits per heavy atom. The molecular weight excluding hydrogens is 128 g/mol. The molecule has 2 N–H and O–H groups in total. The minimum absolute atomic E-state index is 0.272. The van der Waals surface area contributed by atoms with Crippen LogP contribution in [0.5, 0.6) is 0 Å². The lowest BCUT2D eigenvalue weighted by molar-refractivity contribution is 0.208. The van der Waals surface area contributed by atoms with Gasteiger partial charge in [0, 0.05) is 19.6 Å². The van der Waals surface area contributed by atoms with Gasteiger partial charge in [0.2, 0.25) is 0 Å². The van der Waals surface area contributed by atoms with Crippen molar-refractivity contribution in [2.75, 3.05) is 32.8 Å². The van der Waals surface area contributed by atoms with Crippen molar-refractivity contribution in [1.82, 2.24) is 10.2 Å². The number of nitrogens with one attached hydrogen (secondary N) is 1. The van der Waals surface area contributed by atoms with Crippen molar-refractivity contribution in [2.24, 2.45) is 0 Å². The van der Waals surface area contributed by atoms with E-state index >= 15 is 0 Å². The van der Waals surface area contributed by atoms with Gasteiger partial charge in [-0.15, -0.1) is 0 Å². The van der Waals surface area contributed by atoms with Crippen molar-refractivity contribution in [3.63, 3.8) is 0 Å². The number of hydrogen-bond donors (Lipinski definition) is 2. The van der Waals surface area contributed by atoms with Gasteiger partial charge in [-0.25, -0.2) is 0 Å². The predicted molar refractivity (Wildman–Crippen MR) is 40.4 cm³/mol. The Morgan fingerprint density at radius 3 is 3.30 bits per heavy atom. The normalized spacial score (nSPS) is 22.5. The third kappa shape index (κ3) is 2.64. The van der Waals surface area contributed by atoms with Crippen LogP contribution in [0.1, 0.15) is 6.42 Å². The molecule has 1 saturated heterocycles. The van der Waals surface area contributed by atoms with E-state index in [2.05, 4.69) is 16.8 Å². The van der Waals surface area contributed by atoms with E-state index in [1.165, 1.54) is 6.42 Å². The summed E-state index contributed by atoms with van der Waals surface area (Å²) in [6.07, 6.45) is 1.18. The van der Waals surface area contributed by atoms with E-state index in [0.717, 1.165) is 26.2 Å². The number of aliphatic hydroxyl groups excluding tert-OH is 1. The number of β-amino-alcohol motifs (C(OH)–C–C–N with tert-alkyl or cyclic N) is 1. The van der Waals surface area contributed by atoms with Crippen LogP contribution in [-0.2, 0) is 0 Å². The van der Waals surface area contributed by atoms with E-state index < -0.39 is 0 Å². The fraction of sp³-hybridized carbons (Fsp3) is 0.857. The van der Waals surface area contributed by atoms with Crippen molar-refractivity contribution in [3.05, 3.63) is 6.54 Å². The Morgan fingerprint density at radius 1 is 1.60 bits per heavy atom. The minimum Gasteiger partial charge on any atom is -0.395 e. The monoisotopic (exact) mass is 143 g/mol. The number of rotatable bonds is 2. The largest absolute Gasteiger partial charge is 0.395 e. The predicted octanol–water partition coefficient (Wildman–Crippen LogP) is -0.564. The molecule has 0 amide bonds. The van der Waals surface area contributed by atoms with Crippen LogP contribution < -0.4 is 5.32 Å². The highest BCUT2D eigenvalue weighted by Crippen LogP contribution is 1.95. The fourth-order valence-corrected chi connectivity index (χ4v) is 1.14. The van der Waals surface area contributed by atoms with Crippen LogP contribution >= 0.6 is 0 Å². The van der Waals surface area contributed by atoms with Gasteiger partial charge < -0.3 is 10.4 Å². The summed E-state index contributed by atoms with van der Waals surface area (Å²) in [5, 5.41) is 11.8. The van der Waals surface area contributed by atoms with E-state index in [9.17, 15) is 0 Å². The fourth-order valence-electron chi connectivity index (χ4n) is 1.14. The molecule has 1 aliphatic heterocycles. The van der Waals surface area contributed by atoms with Crippen LogP contribution in [0, 0.1) is 6.54 Å². The van der Waals surface area contributed by atoms with Gasteiger partial charge in [0.1, 0.15) is 0 Å². The Labute approximate surface area is 62.0 Å². The molecule has 0 aliphatic carbocycles. The molecule has 0 unspecified atom stereocenters. The van der Waals surface area contributed by atoms with Crippen molar-refractivity contribution in [2.45, 2.75) is 6.42 Å². The zero-order chi connectivity index (χ0) is 7.23. The molecule has 1 fully saturated rings. The van der Waals surface area contributed by atoms with Crippen molar-refractivity contribution >= 4 is 0 Å². The van der Waals surface area contributed by atoms with E-state index in [-0.39, 0.29) is 6.61 Å². The molecule has 0 aromatic carbocycles. The van der Waals surface area contributed by atoms with Crippen molar-refractivity contribution in [1.29, 1.82) is 0 Å². The topological polar surface area (TPSA) is 35.5 Å². The molecule has 0 aromatic heterocycles. The average Bonchev–Trinajstić information content (AvgIpc) is 2.17. The summed E-state index contributed by atoms with van der Waals surface area (Å²) < 4.78 is 0. The second-order valence-electron chi connectivity index (χ2n) is 2.54. The zero-order valence-corrected chi connectivity index (χ0v) is 6.21. The first-order valence-corrected chi connectivity index (χ1v) is 3.82. The number of nitrogens with zero attached hydrogens (tertiary/aromatic N) is 1. The quantitative estimate of drug-likeness (QED) is 0.543. The summed E-state index contributed by atoms with van der Waals surface area (Å²) >= 11 is 0. The van der Waals surface area contributed by atoms with E-state index in [4.69, 9.17) is 5.11 Å². The van der Waals surface area contributed by atoms with Gasteiger partial charge in [-0.05, 0) is 19.5 Å². The molecule has 0 atom stereocenters. The summed E-state index contributed by atoms with van der Waals surface area (Å²) in [4.78, 5) is 2.24. The standard InChI is InChI=1S/C7H15N2O/c10-7-6-9-4-1-2-8-3-5-9/h3,8,10H,1-2,4-7H2. The lowest BCUT2D eigenvalue weighted by Crippen LogP contribution is -2.28. The highest BCUT2D eigenvalue weighted by atomic mass is 16.3. The molecule has 0 spiro atoms. The summed E-state index contributed by atoms with van der Waals surface area (Å²) in [5.41, 5.74) is 0. The second-order valence-corrected chi connectivity index (χ2v) is 2.54. The summed E-state index contributed by atoms with van der Waals surface area (Å²) in [6.45, 7) is 6.27. The van der Waals surface area contributed by atoms with Crippen molar-refractivity contribution in [3.8, 4) is 0 Å². The Kier molecular flexibility index (Phi) is 3.72. The SMILES string of the molecule is OCCN1C[CH]NCCC1. The van der Waals surface area contributed by atoms with Crippen molar-refractivity contribution < 1.29 is 5.11 Å². The Bertz CT molecular complexity index is 79.7. The molecule has 3 nitrogen and oxygen atoms in total. The van der Waals surface area contributed by atoms with Crippen LogP contribution in [0.3, 0.4) is 0 Å². The van der Waals surface area contributed by atoms with Crippen LogP contribution in [0.15, 0.2) is 0 Å². The zero-order valence-electron chi connectivity index (χ0n) is 6.21. The van der Waals surface area contributed by atoms with Gasteiger partial charge in [0.15, 0.2) is 0 Å². The third-order valence-corrected chi connectivity index (χ3v) is 1.71. The smallest absolute Gasteiger partial charge is 0.0558 e. The molecule has 0 aromatic rings. The Balaban J connectivity index is 2.15. The molecule has 10 heavy (non-hydrogen) atoms. The first-order chi connectivity index (χ1) is 4.93. The molecule has 1 radical (unpaired) electrons. The maximum absolute atomic E-state index is 8.63. The maximum Gasteiger partial charge on any atom is 0.0558 e. The number of aliphatic hydroxyl groups is 1. The highest BCUT2D eigenvalue weighted by molar-refractivity contribution is 4.73. The molecule has 1 aliphatic rings. The lowest BCUT2D eigenvalue weighted by atomic mass is 10.4. The molecule has 0 saturated carbocycles. The van der Waals surface area contributed by atoms with Crippen LogP contribution in [0.25, 0.3) is 0 Å². The lowest BCUT2D eigenvalue weighted by Gasteiger charge is -2.16. The van der Waals surface area contributed by atoms with Gasteiger partial charge in [0.05, 0.1) is 6.61 Å². The van der Waals surface area contributed by atoms with E-state index in [1.54, 1.807) is 0 Å². The molecule has 0 bridgehead atoms. The van der Waals surface area contributed by atoms with Gasteiger partial charge in [-0.1, -0.05) is 0 Å². The summed E-state index contributed by atoms with van der Waals surface area (Å²) in [7, 11) is 0. The first kappa shape index (κ1) is 7.98.